The van der Waals surface area contributed by atoms with Crippen molar-refractivity contribution < 1.29 is 4.79 Å². The molecule has 0 radical (unpaired) electrons. The molecule has 0 amide bonds. The number of carbonyl (C=O) groups is 1. The van der Waals surface area contributed by atoms with Crippen molar-refractivity contribution in [3.63, 3.8) is 0 Å². The molecule has 3 aromatic rings. The number of ketones is 1. The second kappa shape index (κ2) is 7.08. The number of hydrogen-bond donors (Lipinski definition) is 0. The first kappa shape index (κ1) is 17.2. The summed E-state index contributed by atoms with van der Waals surface area (Å²) in [4.78, 5) is 16.9. The summed E-state index contributed by atoms with van der Waals surface area (Å²) in [7, 11) is 0. The highest BCUT2D eigenvalue weighted by Crippen LogP contribution is 2.30. The van der Waals surface area contributed by atoms with Crippen LogP contribution in [0.3, 0.4) is 0 Å². The number of hydrogen-bond acceptors (Lipinski definition) is 2. The summed E-state index contributed by atoms with van der Waals surface area (Å²) in [5, 5.41) is 0.673. The van der Waals surface area contributed by atoms with Crippen molar-refractivity contribution in [2.24, 2.45) is 5.92 Å². The van der Waals surface area contributed by atoms with E-state index in [1.165, 1.54) is 0 Å². The summed E-state index contributed by atoms with van der Waals surface area (Å²) >= 11 is 9.56. The van der Waals surface area contributed by atoms with Gasteiger partial charge in [0, 0.05) is 11.4 Å². The van der Waals surface area contributed by atoms with Crippen molar-refractivity contribution in [3.8, 4) is 11.3 Å². The van der Waals surface area contributed by atoms with E-state index in [0.29, 0.717) is 23.9 Å². The Morgan fingerprint density at radius 3 is 2.75 bits per heavy atom. The van der Waals surface area contributed by atoms with Crippen LogP contribution in [-0.2, 0) is 11.3 Å². The zero-order valence-electron chi connectivity index (χ0n) is 13.6. The molecule has 3 nitrogen and oxygen atoms in total. The van der Waals surface area contributed by atoms with E-state index in [2.05, 4.69) is 34.8 Å². The van der Waals surface area contributed by atoms with Gasteiger partial charge in [-0.3, -0.25) is 4.79 Å². The molecular weight excluding hydrogens is 388 g/mol. The molecule has 2 heterocycles. The molecule has 0 aliphatic heterocycles. The molecule has 0 saturated heterocycles. The minimum Gasteiger partial charge on any atom is -0.332 e. The lowest BCUT2D eigenvalue weighted by Crippen LogP contribution is -2.13. The van der Waals surface area contributed by atoms with Crippen LogP contribution in [0.15, 0.2) is 47.1 Å². The predicted molar refractivity (Wildman–Crippen MR) is 102 cm³/mol. The molecule has 24 heavy (non-hydrogen) atoms. The second-order valence-electron chi connectivity index (χ2n) is 6.30. The Kier molecular flexibility index (Phi) is 5.07. The number of Topliss-reactive ketones (excluding diaryl/α,β-unsaturated/α-hetero) is 1. The molecular formula is C19H18BrClN2O. The summed E-state index contributed by atoms with van der Waals surface area (Å²) < 4.78 is 2.81. The molecule has 0 spiro atoms. The maximum atomic E-state index is 12.4. The van der Waals surface area contributed by atoms with Crippen LogP contribution >= 0.6 is 27.5 Å². The summed E-state index contributed by atoms with van der Waals surface area (Å²) in [5.41, 5.74) is 3.74. The number of pyridine rings is 1. The molecule has 0 saturated carbocycles. The van der Waals surface area contributed by atoms with Gasteiger partial charge in [0.25, 0.3) is 0 Å². The third-order valence-electron chi connectivity index (χ3n) is 3.81. The smallest absolute Gasteiger partial charge is 0.152 e. The third kappa shape index (κ3) is 3.70. The van der Waals surface area contributed by atoms with Gasteiger partial charge in [-0.15, -0.1) is 0 Å². The van der Waals surface area contributed by atoms with Crippen LogP contribution in [0.1, 0.15) is 20.3 Å². The average molecular weight is 406 g/mol. The standard InChI is InChI=1S/C19H18BrClN2O/c1-12(2)8-15(24)11-23-17-6-7-19(20)22-16(17)10-18(23)13-4-3-5-14(21)9-13/h3-7,9-10,12H,8,11H2,1-2H3. The van der Waals surface area contributed by atoms with E-state index in [1.807, 2.05) is 47.0 Å². The number of halogens is 2. The van der Waals surface area contributed by atoms with Crippen LogP contribution in [0.2, 0.25) is 5.02 Å². The zero-order chi connectivity index (χ0) is 17.3. The summed E-state index contributed by atoms with van der Waals surface area (Å²) in [5.74, 6) is 0.565. The minimum atomic E-state index is 0.216. The average Bonchev–Trinajstić information content (AvgIpc) is 2.84. The number of rotatable bonds is 5. The maximum Gasteiger partial charge on any atom is 0.152 e. The maximum absolute atomic E-state index is 12.4. The van der Waals surface area contributed by atoms with Crippen molar-refractivity contribution in [1.82, 2.24) is 9.55 Å². The second-order valence-corrected chi connectivity index (χ2v) is 7.55. The Balaban J connectivity index is 2.13. The first-order valence-electron chi connectivity index (χ1n) is 7.87. The first-order chi connectivity index (χ1) is 11.4. The number of benzene rings is 1. The molecule has 5 heteroatoms. The highest BCUT2D eigenvalue weighted by Gasteiger charge is 2.15. The number of carbonyl (C=O) groups excluding carboxylic acids is 1. The molecule has 124 valence electrons. The molecule has 0 atom stereocenters. The van der Waals surface area contributed by atoms with Gasteiger partial charge >= 0.3 is 0 Å². The number of fused-ring (bicyclic) bond motifs is 1. The van der Waals surface area contributed by atoms with Crippen LogP contribution in [0.4, 0.5) is 0 Å². The Hall–Kier alpha value is -1.65. The van der Waals surface area contributed by atoms with Gasteiger partial charge in [0.05, 0.1) is 23.3 Å². The fourth-order valence-corrected chi connectivity index (χ4v) is 3.38. The quantitative estimate of drug-likeness (QED) is 0.508. The highest BCUT2D eigenvalue weighted by molar-refractivity contribution is 9.10. The molecule has 0 fully saturated rings. The summed E-state index contributed by atoms with van der Waals surface area (Å²) in [6, 6.07) is 13.6. The van der Waals surface area contributed by atoms with Crippen molar-refractivity contribution in [2.75, 3.05) is 0 Å². The molecule has 0 N–H and O–H groups in total. The molecule has 2 aromatic heterocycles. The fourth-order valence-electron chi connectivity index (χ4n) is 2.87. The molecule has 0 aliphatic carbocycles. The number of aromatic nitrogens is 2. The van der Waals surface area contributed by atoms with Gasteiger partial charge in [-0.25, -0.2) is 4.98 Å². The van der Waals surface area contributed by atoms with Crippen LogP contribution in [-0.4, -0.2) is 15.3 Å². The van der Waals surface area contributed by atoms with E-state index < -0.39 is 0 Å². The van der Waals surface area contributed by atoms with E-state index in [4.69, 9.17) is 11.6 Å². The van der Waals surface area contributed by atoms with Crippen molar-refractivity contribution in [2.45, 2.75) is 26.8 Å². The lowest BCUT2D eigenvalue weighted by Gasteiger charge is -2.11. The van der Waals surface area contributed by atoms with Crippen LogP contribution < -0.4 is 0 Å². The molecule has 1 aromatic carbocycles. The monoisotopic (exact) mass is 404 g/mol. The topological polar surface area (TPSA) is 34.9 Å². The summed E-state index contributed by atoms with van der Waals surface area (Å²) in [6.45, 7) is 4.46. The Morgan fingerprint density at radius 1 is 1.25 bits per heavy atom. The minimum absolute atomic E-state index is 0.216. The van der Waals surface area contributed by atoms with Gasteiger partial charge in [-0.1, -0.05) is 37.6 Å². The normalized spacial score (nSPS) is 11.4. The Bertz CT molecular complexity index is 902. The highest BCUT2D eigenvalue weighted by atomic mass is 79.9. The molecule has 0 unspecified atom stereocenters. The van der Waals surface area contributed by atoms with Gasteiger partial charge in [0.2, 0.25) is 0 Å². The van der Waals surface area contributed by atoms with Crippen molar-refractivity contribution in [1.29, 1.82) is 0 Å². The Morgan fingerprint density at radius 2 is 2.04 bits per heavy atom. The van der Waals surface area contributed by atoms with Gasteiger partial charge < -0.3 is 4.57 Å². The summed E-state index contributed by atoms with van der Waals surface area (Å²) in [6.07, 6.45) is 0.568. The van der Waals surface area contributed by atoms with Gasteiger partial charge in [0.15, 0.2) is 5.78 Å². The van der Waals surface area contributed by atoms with Crippen molar-refractivity contribution in [3.05, 3.63) is 52.1 Å². The lowest BCUT2D eigenvalue weighted by molar-refractivity contribution is -0.120. The van der Waals surface area contributed by atoms with Crippen LogP contribution in [0, 0.1) is 5.92 Å². The van der Waals surface area contributed by atoms with Gasteiger partial charge in [-0.05, 0) is 57.7 Å². The largest absolute Gasteiger partial charge is 0.332 e. The van der Waals surface area contributed by atoms with E-state index in [-0.39, 0.29) is 5.78 Å². The molecule has 3 rings (SSSR count). The van der Waals surface area contributed by atoms with E-state index in [9.17, 15) is 4.79 Å². The lowest BCUT2D eigenvalue weighted by atomic mass is 10.1. The van der Waals surface area contributed by atoms with E-state index in [1.54, 1.807) is 0 Å². The zero-order valence-corrected chi connectivity index (χ0v) is 15.9. The van der Waals surface area contributed by atoms with E-state index in [0.717, 1.165) is 26.9 Å². The Labute approximate surface area is 154 Å². The number of nitrogens with zero attached hydrogens (tertiary/aromatic N) is 2. The van der Waals surface area contributed by atoms with Crippen LogP contribution in [0.25, 0.3) is 22.3 Å². The van der Waals surface area contributed by atoms with Gasteiger partial charge in [0.1, 0.15) is 4.60 Å². The van der Waals surface area contributed by atoms with Gasteiger partial charge in [-0.2, -0.15) is 0 Å². The first-order valence-corrected chi connectivity index (χ1v) is 9.04. The fraction of sp³-hybridized carbons (Fsp3) is 0.263. The molecule has 0 bridgehead atoms. The van der Waals surface area contributed by atoms with Crippen molar-refractivity contribution >= 4 is 44.3 Å². The van der Waals surface area contributed by atoms with E-state index >= 15 is 0 Å². The van der Waals surface area contributed by atoms with Crippen LogP contribution in [0.5, 0.6) is 0 Å². The third-order valence-corrected chi connectivity index (χ3v) is 4.49. The SMILES string of the molecule is CC(C)CC(=O)Cn1c(-c2cccc(Cl)c2)cc2nc(Br)ccc21. The molecule has 0 aliphatic rings. The predicted octanol–water partition coefficient (Wildman–Crippen LogP) is 5.73.